The summed E-state index contributed by atoms with van der Waals surface area (Å²) in [6.45, 7) is 2.24. The van der Waals surface area contributed by atoms with E-state index in [0.717, 1.165) is 3.39 Å². The van der Waals surface area contributed by atoms with Gasteiger partial charge in [-0.25, -0.2) is 0 Å². The van der Waals surface area contributed by atoms with Crippen LogP contribution in [0.15, 0.2) is 21.6 Å². The van der Waals surface area contributed by atoms with E-state index in [1.54, 1.807) is 0 Å². The first-order valence-electron chi connectivity index (χ1n) is 4.45. The Hall–Kier alpha value is 0.440. The summed E-state index contributed by atoms with van der Waals surface area (Å²) in [5.74, 6) is 0. The zero-order valence-electron chi connectivity index (χ0n) is 7.52. The number of hydrogen-bond acceptors (Lipinski definition) is 0. The van der Waals surface area contributed by atoms with Crippen LogP contribution in [0, 0.1) is 0 Å². The molecule has 0 aromatic rings. The van der Waals surface area contributed by atoms with Crippen molar-refractivity contribution in [2.45, 2.75) is 39.0 Å². The van der Waals surface area contributed by atoms with E-state index in [1.165, 1.54) is 32.1 Å². The quantitative estimate of drug-likeness (QED) is 0.470. The largest absolute Gasteiger partial charge is 0.0845 e. The van der Waals surface area contributed by atoms with Crippen LogP contribution < -0.4 is 0 Å². The highest BCUT2D eigenvalue weighted by atomic mass is 79.9. The molecule has 0 fully saturated rings. The van der Waals surface area contributed by atoms with Gasteiger partial charge in [0.1, 0.15) is 0 Å². The van der Waals surface area contributed by atoms with Gasteiger partial charge in [0, 0.05) is 0 Å². The van der Waals surface area contributed by atoms with E-state index in [9.17, 15) is 0 Å². The van der Waals surface area contributed by atoms with Gasteiger partial charge in [0.2, 0.25) is 0 Å². The topological polar surface area (TPSA) is 0 Å². The Kier molecular flexibility index (Phi) is 9.88. The van der Waals surface area contributed by atoms with Crippen molar-refractivity contribution in [1.82, 2.24) is 0 Å². The fourth-order valence-corrected chi connectivity index (χ4v) is 1.23. The van der Waals surface area contributed by atoms with Gasteiger partial charge in [-0.05, 0) is 50.8 Å². The molecule has 0 aliphatic carbocycles. The van der Waals surface area contributed by atoms with Crippen molar-refractivity contribution in [2.24, 2.45) is 0 Å². The van der Waals surface area contributed by atoms with Gasteiger partial charge < -0.3 is 0 Å². The van der Waals surface area contributed by atoms with E-state index in [0.29, 0.717) is 0 Å². The Morgan fingerprint density at radius 1 is 1.17 bits per heavy atom. The van der Waals surface area contributed by atoms with Crippen molar-refractivity contribution in [3.63, 3.8) is 0 Å². The first kappa shape index (κ1) is 12.4. The fourth-order valence-electron chi connectivity index (χ4n) is 0.926. The molecule has 0 rings (SSSR count). The molecule has 0 heterocycles. The van der Waals surface area contributed by atoms with Crippen molar-refractivity contribution in [2.75, 3.05) is 0 Å². The zero-order chi connectivity index (χ0) is 9.23. The summed E-state index contributed by atoms with van der Waals surface area (Å²) >= 11 is 6.59. The molecule has 12 heavy (non-hydrogen) atoms. The van der Waals surface area contributed by atoms with E-state index in [4.69, 9.17) is 0 Å². The molecule has 2 heteroatoms. The summed E-state index contributed by atoms with van der Waals surface area (Å²) in [6, 6.07) is 0. The average Bonchev–Trinajstić information content (AvgIpc) is 2.02. The average molecular weight is 296 g/mol. The molecule has 0 bridgehead atoms. The van der Waals surface area contributed by atoms with Gasteiger partial charge in [0.15, 0.2) is 0 Å². The maximum Gasteiger partial charge on any atom is 0.0603 e. The predicted octanol–water partition coefficient (Wildman–Crippen LogP) is 5.14. The van der Waals surface area contributed by atoms with Crippen LogP contribution in [0.25, 0.3) is 0 Å². The molecule has 0 atom stereocenters. The monoisotopic (exact) mass is 294 g/mol. The van der Waals surface area contributed by atoms with Crippen LogP contribution in [0.3, 0.4) is 0 Å². The van der Waals surface area contributed by atoms with Gasteiger partial charge in [-0.15, -0.1) is 0 Å². The van der Waals surface area contributed by atoms with Gasteiger partial charge in [-0.2, -0.15) is 0 Å². The van der Waals surface area contributed by atoms with Gasteiger partial charge in [0.25, 0.3) is 0 Å². The third-order valence-electron chi connectivity index (χ3n) is 1.58. The molecule has 0 aliphatic heterocycles. The van der Waals surface area contributed by atoms with Crippen LogP contribution in [0.4, 0.5) is 0 Å². The van der Waals surface area contributed by atoms with E-state index in [-0.39, 0.29) is 0 Å². The number of hydrogen-bond donors (Lipinski definition) is 0. The molecule has 0 nitrogen and oxygen atoms in total. The summed E-state index contributed by atoms with van der Waals surface area (Å²) in [5, 5.41) is 0. The molecule has 0 saturated heterocycles. The van der Waals surface area contributed by atoms with Crippen molar-refractivity contribution < 1.29 is 0 Å². The Morgan fingerprint density at radius 3 is 2.50 bits per heavy atom. The third-order valence-corrected chi connectivity index (χ3v) is 2.11. The second-order valence-corrected chi connectivity index (χ2v) is 5.51. The molecular formula is C10H16Br2. The molecule has 0 N–H and O–H groups in total. The van der Waals surface area contributed by atoms with Crippen LogP contribution in [0.1, 0.15) is 39.0 Å². The molecule has 0 radical (unpaired) electrons. The number of allylic oxidation sites excluding steroid dienone is 3. The zero-order valence-corrected chi connectivity index (χ0v) is 10.7. The van der Waals surface area contributed by atoms with Crippen molar-refractivity contribution >= 4 is 31.9 Å². The number of rotatable bonds is 6. The lowest BCUT2D eigenvalue weighted by molar-refractivity contribution is 0.674. The van der Waals surface area contributed by atoms with Crippen molar-refractivity contribution in [3.8, 4) is 0 Å². The lowest BCUT2D eigenvalue weighted by atomic mass is 10.1. The molecule has 0 saturated carbocycles. The number of unbranched alkanes of at least 4 members (excludes halogenated alkanes) is 4. The molecule has 0 aromatic carbocycles. The van der Waals surface area contributed by atoms with E-state index in [1.807, 2.05) is 6.08 Å². The van der Waals surface area contributed by atoms with E-state index < -0.39 is 0 Å². The Bertz CT molecular complexity index is 144. The van der Waals surface area contributed by atoms with Crippen LogP contribution in [0.2, 0.25) is 0 Å². The van der Waals surface area contributed by atoms with Gasteiger partial charge in [-0.3, -0.25) is 0 Å². The molecule has 0 aliphatic rings. The van der Waals surface area contributed by atoms with Gasteiger partial charge >= 0.3 is 0 Å². The Morgan fingerprint density at radius 2 is 1.92 bits per heavy atom. The first-order chi connectivity index (χ1) is 5.77. The highest BCUT2D eigenvalue weighted by molar-refractivity contribution is 9.28. The molecule has 0 amide bonds. The van der Waals surface area contributed by atoms with Gasteiger partial charge in [0.05, 0.1) is 3.39 Å². The van der Waals surface area contributed by atoms with Crippen LogP contribution in [0.5, 0.6) is 0 Å². The van der Waals surface area contributed by atoms with E-state index in [2.05, 4.69) is 50.9 Å². The molecular weight excluding hydrogens is 280 g/mol. The smallest absolute Gasteiger partial charge is 0.0603 e. The highest BCUT2D eigenvalue weighted by Gasteiger charge is 1.83. The third kappa shape index (κ3) is 10.4. The lowest BCUT2D eigenvalue weighted by Crippen LogP contribution is -1.72. The maximum absolute atomic E-state index is 3.29. The van der Waals surface area contributed by atoms with Crippen LogP contribution in [-0.4, -0.2) is 0 Å². The number of halogens is 2. The Labute approximate surface area is 92.4 Å². The normalized spacial score (nSPS) is 10.6. The van der Waals surface area contributed by atoms with E-state index >= 15 is 0 Å². The summed E-state index contributed by atoms with van der Waals surface area (Å²) < 4.78 is 1.000. The minimum atomic E-state index is 1.000. The van der Waals surface area contributed by atoms with Crippen LogP contribution in [-0.2, 0) is 0 Å². The molecule has 0 unspecified atom stereocenters. The highest BCUT2D eigenvalue weighted by Crippen LogP contribution is 2.12. The van der Waals surface area contributed by atoms with Gasteiger partial charge in [-0.1, -0.05) is 38.3 Å². The molecule has 70 valence electrons. The predicted molar refractivity (Wildman–Crippen MR) is 63.8 cm³/mol. The van der Waals surface area contributed by atoms with Crippen LogP contribution >= 0.6 is 31.9 Å². The SMILES string of the molecule is CCCCCC/C=C/C=C(Br)Br. The maximum atomic E-state index is 3.29. The lowest BCUT2D eigenvalue weighted by Gasteiger charge is -1.92. The summed E-state index contributed by atoms with van der Waals surface area (Å²) in [7, 11) is 0. The fraction of sp³-hybridized carbons (Fsp3) is 0.600. The summed E-state index contributed by atoms with van der Waals surface area (Å²) in [6.07, 6.45) is 12.8. The minimum Gasteiger partial charge on any atom is -0.0845 e. The minimum absolute atomic E-state index is 1.000. The molecule has 0 spiro atoms. The standard InChI is InChI=1S/C10H16Br2/c1-2-3-4-5-6-7-8-9-10(11)12/h7-9H,2-6H2,1H3/b8-7+. The van der Waals surface area contributed by atoms with Crippen molar-refractivity contribution in [3.05, 3.63) is 21.6 Å². The molecule has 0 aromatic heterocycles. The first-order valence-corrected chi connectivity index (χ1v) is 6.03. The Balaban J connectivity index is 3.19. The van der Waals surface area contributed by atoms with Crippen molar-refractivity contribution in [1.29, 1.82) is 0 Å². The summed E-state index contributed by atoms with van der Waals surface area (Å²) in [5.41, 5.74) is 0. The second-order valence-electron chi connectivity index (χ2n) is 2.73. The summed E-state index contributed by atoms with van der Waals surface area (Å²) in [4.78, 5) is 0. The second kappa shape index (κ2) is 9.53.